The molecule has 0 atom stereocenters. The molecule has 7 heteroatoms. The number of benzene rings is 2. The molecular weight excluding hydrogens is 377 g/mol. The number of aliphatic hydroxyl groups excluding tert-OH is 1. The highest BCUT2D eigenvalue weighted by molar-refractivity contribution is 7.14. The summed E-state index contributed by atoms with van der Waals surface area (Å²) < 4.78 is 0. The van der Waals surface area contributed by atoms with Gasteiger partial charge in [-0.15, -0.1) is 11.3 Å². The molecule has 25 heavy (non-hydrogen) atoms. The fourth-order valence-corrected chi connectivity index (χ4v) is 3.47. The minimum Gasteiger partial charge on any atom is -0.494 e. The van der Waals surface area contributed by atoms with E-state index < -0.39 is 0 Å². The number of halogens is 2. The normalized spacial score (nSPS) is 11.4. The maximum atomic E-state index is 10.0. The largest absolute Gasteiger partial charge is 0.494 e. The van der Waals surface area contributed by atoms with Crippen LogP contribution in [-0.2, 0) is 0 Å². The maximum Gasteiger partial charge on any atom is 0.192 e. The summed E-state index contributed by atoms with van der Waals surface area (Å²) in [5.74, 6) is -0.167. The summed E-state index contributed by atoms with van der Waals surface area (Å²) in [5, 5.41) is 24.1. The fraction of sp³-hybridized carbons (Fsp3) is 0. The number of aliphatic hydroxyl groups is 1. The van der Waals surface area contributed by atoms with Crippen molar-refractivity contribution >= 4 is 45.4 Å². The molecule has 0 aliphatic rings. The third kappa shape index (κ3) is 4.20. The van der Waals surface area contributed by atoms with Gasteiger partial charge in [0.25, 0.3) is 0 Å². The molecule has 0 amide bonds. The Morgan fingerprint density at radius 2 is 1.76 bits per heavy atom. The number of nitrogens with zero attached hydrogens (tertiary/aromatic N) is 1. The molecule has 4 nitrogen and oxygen atoms in total. The van der Waals surface area contributed by atoms with Crippen molar-refractivity contribution in [2.75, 3.05) is 5.32 Å². The van der Waals surface area contributed by atoms with Crippen molar-refractivity contribution in [1.29, 1.82) is 5.41 Å². The second-order valence-corrected chi connectivity index (χ2v) is 6.74. The molecule has 3 N–H and O–H groups in total. The van der Waals surface area contributed by atoms with E-state index in [0.717, 1.165) is 0 Å². The molecule has 0 saturated heterocycles. The molecule has 0 aliphatic carbocycles. The van der Waals surface area contributed by atoms with Gasteiger partial charge in [-0.1, -0.05) is 59.6 Å². The van der Waals surface area contributed by atoms with E-state index >= 15 is 0 Å². The minimum absolute atomic E-state index is 0.167. The van der Waals surface area contributed by atoms with Gasteiger partial charge in [0.15, 0.2) is 11.0 Å². The van der Waals surface area contributed by atoms with Crippen LogP contribution in [0.5, 0.6) is 0 Å². The van der Waals surface area contributed by atoms with Crippen LogP contribution in [0, 0.1) is 5.41 Å². The summed E-state index contributed by atoms with van der Waals surface area (Å²) in [5.41, 5.74) is 2.17. The predicted molar refractivity (Wildman–Crippen MR) is 105 cm³/mol. The molecule has 3 aromatic rings. The van der Waals surface area contributed by atoms with Gasteiger partial charge in [-0.3, -0.25) is 0 Å². The Kier molecular flexibility index (Phi) is 5.38. The van der Waals surface area contributed by atoms with Crippen LogP contribution in [0.1, 0.15) is 5.56 Å². The third-order valence-electron chi connectivity index (χ3n) is 3.32. The summed E-state index contributed by atoms with van der Waals surface area (Å²) in [7, 11) is 0. The molecule has 2 aromatic carbocycles. The molecule has 0 spiro atoms. The van der Waals surface area contributed by atoms with Gasteiger partial charge in [-0.05, 0) is 17.7 Å². The Balaban J connectivity index is 1.77. The van der Waals surface area contributed by atoms with Gasteiger partial charge in [0.2, 0.25) is 0 Å². The highest BCUT2D eigenvalue weighted by Gasteiger charge is 2.12. The molecule has 0 aliphatic heterocycles. The summed E-state index contributed by atoms with van der Waals surface area (Å²) in [6.45, 7) is 0. The first-order valence-electron chi connectivity index (χ1n) is 7.26. The summed E-state index contributed by atoms with van der Waals surface area (Å²) in [6.07, 6.45) is 1.33. The quantitative estimate of drug-likeness (QED) is 0.370. The van der Waals surface area contributed by atoms with Crippen LogP contribution in [0.15, 0.2) is 65.9 Å². The smallest absolute Gasteiger partial charge is 0.192 e. The van der Waals surface area contributed by atoms with E-state index in [1.165, 1.54) is 17.4 Å². The van der Waals surface area contributed by atoms with Crippen molar-refractivity contribution in [3.63, 3.8) is 0 Å². The molecule has 0 bridgehead atoms. The average Bonchev–Trinajstić information content (AvgIpc) is 3.03. The molecule has 126 valence electrons. The maximum absolute atomic E-state index is 10.0. The summed E-state index contributed by atoms with van der Waals surface area (Å²) >= 11 is 13.7. The van der Waals surface area contributed by atoms with E-state index in [1.807, 2.05) is 18.2 Å². The molecule has 1 heterocycles. The lowest BCUT2D eigenvalue weighted by Gasteiger charge is -2.04. The topological polar surface area (TPSA) is 69.0 Å². The van der Waals surface area contributed by atoms with E-state index in [9.17, 15) is 5.11 Å². The second-order valence-electron chi connectivity index (χ2n) is 5.07. The number of allylic oxidation sites excluding steroid dienone is 1. The highest BCUT2D eigenvalue weighted by atomic mass is 35.5. The predicted octanol–water partition coefficient (Wildman–Crippen LogP) is 6.00. The Bertz CT molecular complexity index is 918. The molecule has 3 rings (SSSR count). The molecule has 0 unspecified atom stereocenters. The Labute approximate surface area is 158 Å². The summed E-state index contributed by atoms with van der Waals surface area (Å²) in [6, 6.07) is 14.4. The lowest BCUT2D eigenvalue weighted by molar-refractivity contribution is 0.420. The standard InChI is InChI=1S/C18H13Cl2N3OS/c19-12-7-4-8-13(20)17(12)15-10-25-18(22-15)23-16(24)9-14(21)11-5-2-1-3-6-11/h1-10,21,24H,(H,22,23)/b16-9+,21-14?. The molecular formula is C18H13Cl2N3OS. The fourth-order valence-electron chi connectivity index (χ4n) is 2.17. The van der Waals surface area contributed by atoms with Gasteiger partial charge in [0, 0.05) is 17.0 Å². The van der Waals surface area contributed by atoms with E-state index in [0.29, 0.717) is 32.0 Å². The summed E-state index contributed by atoms with van der Waals surface area (Å²) in [4.78, 5) is 4.39. The Morgan fingerprint density at radius 1 is 1.08 bits per heavy atom. The zero-order valence-electron chi connectivity index (χ0n) is 12.8. The van der Waals surface area contributed by atoms with Crippen LogP contribution in [0.3, 0.4) is 0 Å². The van der Waals surface area contributed by atoms with Crippen molar-refractivity contribution in [2.24, 2.45) is 0 Å². The van der Waals surface area contributed by atoms with Gasteiger partial charge < -0.3 is 15.8 Å². The third-order valence-corrected chi connectivity index (χ3v) is 4.71. The lowest BCUT2D eigenvalue weighted by atomic mass is 10.1. The van der Waals surface area contributed by atoms with Crippen LogP contribution in [0.4, 0.5) is 5.13 Å². The van der Waals surface area contributed by atoms with Crippen LogP contribution in [-0.4, -0.2) is 15.8 Å². The number of anilines is 1. The van der Waals surface area contributed by atoms with Crippen molar-refractivity contribution in [2.45, 2.75) is 0 Å². The van der Waals surface area contributed by atoms with Crippen LogP contribution >= 0.6 is 34.5 Å². The number of thiazole rings is 1. The Hall–Kier alpha value is -2.34. The first kappa shape index (κ1) is 17.5. The van der Waals surface area contributed by atoms with Gasteiger partial charge in [-0.2, -0.15) is 0 Å². The molecule has 0 fully saturated rings. The monoisotopic (exact) mass is 389 g/mol. The van der Waals surface area contributed by atoms with Gasteiger partial charge >= 0.3 is 0 Å². The van der Waals surface area contributed by atoms with Crippen LogP contribution < -0.4 is 5.32 Å². The SMILES string of the molecule is N=C(/C=C(/O)Nc1nc(-c2c(Cl)cccc2Cl)cs1)c1ccccc1. The molecule has 0 saturated carbocycles. The van der Waals surface area contributed by atoms with Gasteiger partial charge in [0.1, 0.15) is 0 Å². The van der Waals surface area contributed by atoms with Crippen molar-refractivity contribution in [3.05, 3.63) is 81.5 Å². The number of hydrogen-bond donors (Lipinski definition) is 3. The number of aromatic nitrogens is 1. The Morgan fingerprint density at radius 3 is 2.44 bits per heavy atom. The van der Waals surface area contributed by atoms with Crippen molar-refractivity contribution < 1.29 is 5.11 Å². The second kappa shape index (κ2) is 7.70. The zero-order chi connectivity index (χ0) is 17.8. The zero-order valence-corrected chi connectivity index (χ0v) is 15.2. The highest BCUT2D eigenvalue weighted by Crippen LogP contribution is 2.36. The molecule has 1 aromatic heterocycles. The van der Waals surface area contributed by atoms with Gasteiger partial charge in [0.05, 0.1) is 21.5 Å². The van der Waals surface area contributed by atoms with E-state index in [1.54, 1.807) is 35.7 Å². The van der Waals surface area contributed by atoms with Crippen molar-refractivity contribution in [1.82, 2.24) is 4.98 Å². The van der Waals surface area contributed by atoms with Gasteiger partial charge in [-0.25, -0.2) is 4.98 Å². The van der Waals surface area contributed by atoms with Crippen molar-refractivity contribution in [3.8, 4) is 11.3 Å². The first-order chi connectivity index (χ1) is 12.0. The minimum atomic E-state index is -0.167. The number of hydrogen-bond acceptors (Lipinski definition) is 5. The number of nitrogens with one attached hydrogen (secondary N) is 2. The molecule has 0 radical (unpaired) electrons. The van der Waals surface area contributed by atoms with E-state index in [2.05, 4.69) is 10.3 Å². The van der Waals surface area contributed by atoms with Crippen LogP contribution in [0.25, 0.3) is 11.3 Å². The average molecular weight is 390 g/mol. The van der Waals surface area contributed by atoms with Crippen LogP contribution in [0.2, 0.25) is 10.0 Å². The number of rotatable bonds is 5. The first-order valence-corrected chi connectivity index (χ1v) is 8.89. The van der Waals surface area contributed by atoms with E-state index in [4.69, 9.17) is 28.6 Å². The van der Waals surface area contributed by atoms with E-state index in [-0.39, 0.29) is 11.6 Å². The lowest BCUT2D eigenvalue weighted by Crippen LogP contribution is -2.03.